The van der Waals surface area contributed by atoms with Crippen LogP contribution < -0.4 is 10.1 Å². The van der Waals surface area contributed by atoms with Crippen LogP contribution in [0.5, 0.6) is 5.75 Å². The predicted molar refractivity (Wildman–Crippen MR) is 108 cm³/mol. The Morgan fingerprint density at radius 2 is 2.07 bits per heavy atom. The van der Waals surface area contributed by atoms with Gasteiger partial charge in [-0.05, 0) is 47.0 Å². The molecule has 1 aromatic heterocycles. The highest BCUT2D eigenvalue weighted by molar-refractivity contribution is 7.99. The molecule has 0 unspecified atom stereocenters. The summed E-state index contributed by atoms with van der Waals surface area (Å²) >= 11 is 1.35. The van der Waals surface area contributed by atoms with Gasteiger partial charge in [-0.3, -0.25) is 4.79 Å². The number of hydrogen-bond donors (Lipinski definition) is 1. The molecule has 2 aromatic carbocycles. The van der Waals surface area contributed by atoms with Gasteiger partial charge in [0.2, 0.25) is 11.1 Å². The van der Waals surface area contributed by atoms with E-state index >= 15 is 0 Å². The van der Waals surface area contributed by atoms with E-state index in [0.29, 0.717) is 11.2 Å². The van der Waals surface area contributed by atoms with Crippen molar-refractivity contribution in [3.8, 4) is 5.75 Å². The minimum atomic E-state index is -0.0915. The number of benzene rings is 2. The van der Waals surface area contributed by atoms with Crippen molar-refractivity contribution >= 4 is 23.4 Å². The van der Waals surface area contributed by atoms with Crippen molar-refractivity contribution in [2.45, 2.75) is 30.5 Å². The molecule has 0 bridgehead atoms. The number of aromatic nitrogens is 4. The minimum absolute atomic E-state index is 0.0915. The summed E-state index contributed by atoms with van der Waals surface area (Å²) in [7, 11) is 1.66. The number of tetrazole rings is 1. The molecule has 1 fully saturated rings. The first-order valence-corrected chi connectivity index (χ1v) is 10.1. The number of carbonyl (C=O) groups excluding carboxylic acids is 1. The van der Waals surface area contributed by atoms with Gasteiger partial charge in [-0.15, -0.1) is 5.10 Å². The smallest absolute Gasteiger partial charge is 0.234 e. The molecule has 3 aromatic rings. The zero-order chi connectivity index (χ0) is 19.3. The van der Waals surface area contributed by atoms with Crippen LogP contribution in [0, 0.1) is 0 Å². The fourth-order valence-corrected chi connectivity index (χ4v) is 3.71. The Morgan fingerprint density at radius 3 is 2.82 bits per heavy atom. The van der Waals surface area contributed by atoms with Crippen molar-refractivity contribution in [3.63, 3.8) is 0 Å². The van der Waals surface area contributed by atoms with Gasteiger partial charge < -0.3 is 10.1 Å². The third-order valence-corrected chi connectivity index (χ3v) is 5.42. The molecule has 0 aliphatic heterocycles. The number of ether oxygens (including phenoxy) is 1. The Kier molecular flexibility index (Phi) is 5.57. The maximum absolute atomic E-state index is 12.4. The van der Waals surface area contributed by atoms with Gasteiger partial charge >= 0.3 is 0 Å². The molecule has 1 amide bonds. The maximum atomic E-state index is 12.4. The van der Waals surface area contributed by atoms with E-state index in [-0.39, 0.29) is 11.7 Å². The Labute approximate surface area is 167 Å². The molecule has 1 saturated carbocycles. The van der Waals surface area contributed by atoms with Gasteiger partial charge in [-0.1, -0.05) is 42.1 Å². The van der Waals surface area contributed by atoms with Crippen LogP contribution in [0.3, 0.4) is 0 Å². The summed E-state index contributed by atoms with van der Waals surface area (Å²) in [5.41, 5.74) is 2.96. The second-order valence-corrected chi connectivity index (χ2v) is 7.61. The van der Waals surface area contributed by atoms with E-state index in [1.54, 1.807) is 7.11 Å². The molecule has 8 heteroatoms. The second kappa shape index (κ2) is 8.43. The number of amides is 1. The molecular weight excluding hydrogens is 374 g/mol. The first kappa shape index (κ1) is 18.5. The summed E-state index contributed by atoms with van der Waals surface area (Å²) in [6.45, 7) is 0. The van der Waals surface area contributed by atoms with Crippen LogP contribution in [-0.2, 0) is 11.2 Å². The summed E-state index contributed by atoms with van der Waals surface area (Å²) in [4.78, 5) is 12.4. The normalized spacial score (nSPS) is 13.3. The van der Waals surface area contributed by atoms with Crippen LogP contribution in [0.4, 0.5) is 5.69 Å². The number of rotatable bonds is 8. The van der Waals surface area contributed by atoms with E-state index in [1.165, 1.54) is 17.3 Å². The standard InChI is InChI=1S/C20H21N5O2S/c1-27-18-10-7-16(12-15(18)11-14-5-3-2-4-6-14)21-19(26)13-28-20-22-23-24-25(20)17-8-9-17/h2-7,10,12,17H,8-9,11,13H2,1H3,(H,21,26). The highest BCUT2D eigenvalue weighted by Crippen LogP contribution is 2.36. The molecule has 1 aliphatic rings. The van der Waals surface area contributed by atoms with Crippen molar-refractivity contribution in [2.75, 3.05) is 18.2 Å². The van der Waals surface area contributed by atoms with Crippen molar-refractivity contribution in [1.82, 2.24) is 20.2 Å². The van der Waals surface area contributed by atoms with E-state index in [1.807, 2.05) is 41.1 Å². The Hall–Kier alpha value is -2.87. The molecular formula is C20H21N5O2S. The second-order valence-electron chi connectivity index (χ2n) is 6.66. The first-order chi connectivity index (χ1) is 13.7. The molecule has 0 spiro atoms. The van der Waals surface area contributed by atoms with Crippen LogP contribution >= 0.6 is 11.8 Å². The molecule has 7 nitrogen and oxygen atoms in total. The van der Waals surface area contributed by atoms with Crippen molar-refractivity contribution in [2.24, 2.45) is 0 Å². The molecule has 0 saturated heterocycles. The van der Waals surface area contributed by atoms with Gasteiger partial charge in [0.25, 0.3) is 0 Å². The van der Waals surface area contributed by atoms with Crippen LogP contribution in [0.1, 0.15) is 30.0 Å². The van der Waals surface area contributed by atoms with Crippen molar-refractivity contribution in [1.29, 1.82) is 0 Å². The zero-order valence-corrected chi connectivity index (χ0v) is 16.4. The van der Waals surface area contributed by atoms with Crippen LogP contribution in [-0.4, -0.2) is 39.0 Å². The van der Waals surface area contributed by atoms with Gasteiger partial charge in [0.15, 0.2) is 0 Å². The Balaban J connectivity index is 1.40. The van der Waals surface area contributed by atoms with E-state index in [4.69, 9.17) is 4.74 Å². The van der Waals surface area contributed by atoms with Crippen molar-refractivity contribution < 1.29 is 9.53 Å². The molecule has 1 aliphatic carbocycles. The third-order valence-electron chi connectivity index (χ3n) is 4.49. The highest BCUT2D eigenvalue weighted by Gasteiger charge is 2.28. The number of nitrogens with one attached hydrogen (secondary N) is 1. The van der Waals surface area contributed by atoms with Crippen LogP contribution in [0.2, 0.25) is 0 Å². The lowest BCUT2D eigenvalue weighted by Crippen LogP contribution is -2.15. The molecule has 0 radical (unpaired) electrons. The summed E-state index contributed by atoms with van der Waals surface area (Å²) in [5, 5.41) is 15.4. The van der Waals surface area contributed by atoms with Gasteiger partial charge in [0.05, 0.1) is 18.9 Å². The van der Waals surface area contributed by atoms with Gasteiger partial charge in [0.1, 0.15) is 5.75 Å². The van der Waals surface area contributed by atoms with Crippen molar-refractivity contribution in [3.05, 3.63) is 59.7 Å². The number of hydrogen-bond acceptors (Lipinski definition) is 6. The summed E-state index contributed by atoms with van der Waals surface area (Å²) in [6, 6.07) is 16.3. The van der Waals surface area contributed by atoms with Crippen LogP contribution in [0.25, 0.3) is 0 Å². The third kappa shape index (κ3) is 4.51. The SMILES string of the molecule is COc1ccc(NC(=O)CSc2nnnn2C2CC2)cc1Cc1ccccc1. The summed E-state index contributed by atoms with van der Waals surface area (Å²) < 4.78 is 7.28. The number of carbonyl (C=O) groups is 1. The molecule has 144 valence electrons. The molecule has 0 atom stereocenters. The molecule has 1 heterocycles. The Morgan fingerprint density at radius 1 is 1.25 bits per heavy atom. The Bertz CT molecular complexity index is 956. The average molecular weight is 395 g/mol. The number of thioether (sulfide) groups is 1. The van der Waals surface area contributed by atoms with Gasteiger partial charge in [-0.2, -0.15) is 0 Å². The van der Waals surface area contributed by atoms with E-state index in [0.717, 1.165) is 36.3 Å². The summed E-state index contributed by atoms with van der Waals surface area (Å²) in [5.74, 6) is 0.971. The fourth-order valence-electron chi connectivity index (χ4n) is 2.97. The lowest BCUT2D eigenvalue weighted by Gasteiger charge is -2.12. The number of nitrogens with zero attached hydrogens (tertiary/aromatic N) is 4. The van der Waals surface area contributed by atoms with Crippen LogP contribution in [0.15, 0.2) is 53.7 Å². The molecule has 1 N–H and O–H groups in total. The predicted octanol–water partition coefficient (Wildman–Crippen LogP) is 3.34. The van der Waals surface area contributed by atoms with E-state index in [2.05, 4.69) is 33.0 Å². The topological polar surface area (TPSA) is 81.9 Å². The molecule has 28 heavy (non-hydrogen) atoms. The quantitative estimate of drug-likeness (QED) is 0.589. The lowest BCUT2D eigenvalue weighted by atomic mass is 10.0. The maximum Gasteiger partial charge on any atom is 0.234 e. The highest BCUT2D eigenvalue weighted by atomic mass is 32.2. The largest absolute Gasteiger partial charge is 0.496 e. The first-order valence-electron chi connectivity index (χ1n) is 9.14. The zero-order valence-electron chi connectivity index (χ0n) is 15.5. The minimum Gasteiger partial charge on any atom is -0.496 e. The monoisotopic (exact) mass is 395 g/mol. The number of anilines is 1. The molecule has 4 rings (SSSR count). The van der Waals surface area contributed by atoms with Gasteiger partial charge in [-0.25, -0.2) is 4.68 Å². The average Bonchev–Trinajstić information content (AvgIpc) is 3.45. The van der Waals surface area contributed by atoms with E-state index in [9.17, 15) is 4.79 Å². The lowest BCUT2D eigenvalue weighted by molar-refractivity contribution is -0.113. The van der Waals surface area contributed by atoms with Gasteiger partial charge in [0, 0.05) is 17.7 Å². The van der Waals surface area contributed by atoms with E-state index < -0.39 is 0 Å². The summed E-state index contributed by atoms with van der Waals surface area (Å²) in [6.07, 6.45) is 2.93. The number of methoxy groups -OCH3 is 1. The fraction of sp³-hybridized carbons (Fsp3) is 0.300.